The van der Waals surface area contributed by atoms with Crippen molar-refractivity contribution >= 4 is 28.1 Å². The van der Waals surface area contributed by atoms with Crippen LogP contribution in [0.1, 0.15) is 20.8 Å². The second kappa shape index (κ2) is 8.01. The van der Waals surface area contributed by atoms with E-state index < -0.39 is 0 Å². The van der Waals surface area contributed by atoms with Crippen molar-refractivity contribution in [2.45, 2.75) is 13.2 Å². The SMILES string of the molecule is O=C(NCc1ccc(OCc2cccs2)cc1)c1ccc2ncccc2c1. The lowest BCUT2D eigenvalue weighted by Crippen LogP contribution is -2.22. The fourth-order valence-electron chi connectivity index (χ4n) is 2.75. The van der Waals surface area contributed by atoms with E-state index in [1.807, 2.05) is 60.0 Å². The zero-order chi connectivity index (χ0) is 18.5. The van der Waals surface area contributed by atoms with E-state index in [1.54, 1.807) is 23.6 Å². The number of thiophene rings is 1. The third-order valence-corrected chi connectivity index (χ3v) is 5.05. The number of ether oxygens (including phenoxy) is 1. The van der Waals surface area contributed by atoms with E-state index in [-0.39, 0.29) is 5.91 Å². The molecule has 27 heavy (non-hydrogen) atoms. The summed E-state index contributed by atoms with van der Waals surface area (Å²) in [4.78, 5) is 17.9. The topological polar surface area (TPSA) is 51.2 Å². The molecule has 0 aliphatic carbocycles. The zero-order valence-electron chi connectivity index (χ0n) is 14.6. The summed E-state index contributed by atoms with van der Waals surface area (Å²) in [6.45, 7) is 1.04. The zero-order valence-corrected chi connectivity index (χ0v) is 15.4. The number of aromatic nitrogens is 1. The second-order valence-electron chi connectivity index (χ2n) is 6.11. The predicted octanol–water partition coefficient (Wildman–Crippen LogP) is 4.81. The number of hydrogen-bond donors (Lipinski definition) is 1. The van der Waals surface area contributed by atoms with Gasteiger partial charge in [0.25, 0.3) is 5.91 Å². The Morgan fingerprint density at radius 3 is 2.74 bits per heavy atom. The highest BCUT2D eigenvalue weighted by molar-refractivity contribution is 7.09. The normalized spacial score (nSPS) is 10.7. The molecular formula is C22H18N2O2S. The number of pyridine rings is 1. The van der Waals surface area contributed by atoms with Gasteiger partial charge in [0.1, 0.15) is 12.4 Å². The number of benzene rings is 2. The Kier molecular flexibility index (Phi) is 5.12. The van der Waals surface area contributed by atoms with Gasteiger partial charge in [-0.05, 0) is 53.4 Å². The van der Waals surface area contributed by atoms with E-state index >= 15 is 0 Å². The predicted molar refractivity (Wildman–Crippen MR) is 108 cm³/mol. The molecule has 134 valence electrons. The van der Waals surface area contributed by atoms with Gasteiger partial charge in [0.15, 0.2) is 0 Å². The van der Waals surface area contributed by atoms with Crippen molar-refractivity contribution in [1.82, 2.24) is 10.3 Å². The number of fused-ring (bicyclic) bond motifs is 1. The first-order chi connectivity index (χ1) is 13.3. The molecule has 0 unspecified atom stereocenters. The molecule has 0 aliphatic rings. The van der Waals surface area contributed by atoms with Gasteiger partial charge in [-0.2, -0.15) is 0 Å². The first-order valence-electron chi connectivity index (χ1n) is 8.65. The number of hydrogen-bond acceptors (Lipinski definition) is 4. The maximum absolute atomic E-state index is 12.4. The van der Waals surface area contributed by atoms with Crippen LogP contribution in [0.5, 0.6) is 5.75 Å². The van der Waals surface area contributed by atoms with Crippen LogP contribution in [-0.4, -0.2) is 10.9 Å². The third kappa shape index (κ3) is 4.33. The molecule has 0 saturated heterocycles. The molecule has 0 saturated carbocycles. The van der Waals surface area contributed by atoms with Gasteiger partial charge in [-0.1, -0.05) is 24.3 Å². The van der Waals surface area contributed by atoms with Crippen LogP contribution in [-0.2, 0) is 13.2 Å². The van der Waals surface area contributed by atoms with Crippen molar-refractivity contribution in [2.24, 2.45) is 0 Å². The molecule has 5 heteroatoms. The lowest BCUT2D eigenvalue weighted by atomic mass is 10.1. The Labute approximate surface area is 161 Å². The third-order valence-electron chi connectivity index (χ3n) is 4.20. The van der Waals surface area contributed by atoms with E-state index in [0.29, 0.717) is 18.7 Å². The van der Waals surface area contributed by atoms with Crippen molar-refractivity contribution in [3.05, 3.63) is 94.3 Å². The lowest BCUT2D eigenvalue weighted by molar-refractivity contribution is 0.0951. The fraction of sp³-hybridized carbons (Fsp3) is 0.0909. The van der Waals surface area contributed by atoms with Gasteiger partial charge in [0.2, 0.25) is 0 Å². The van der Waals surface area contributed by atoms with Crippen LogP contribution in [0.25, 0.3) is 10.9 Å². The molecule has 2 aromatic carbocycles. The molecule has 1 amide bonds. The molecule has 4 nitrogen and oxygen atoms in total. The molecular weight excluding hydrogens is 356 g/mol. The van der Waals surface area contributed by atoms with Crippen molar-refractivity contribution in [3.63, 3.8) is 0 Å². The van der Waals surface area contributed by atoms with Gasteiger partial charge in [0, 0.05) is 28.6 Å². The standard InChI is InChI=1S/C22H18N2O2S/c25-22(18-7-10-21-17(13-18)3-1-11-23-21)24-14-16-5-8-19(9-6-16)26-15-20-4-2-12-27-20/h1-13H,14-15H2,(H,24,25). The van der Waals surface area contributed by atoms with Crippen molar-refractivity contribution in [3.8, 4) is 5.75 Å². The molecule has 2 heterocycles. The lowest BCUT2D eigenvalue weighted by Gasteiger charge is -2.08. The molecule has 0 spiro atoms. The largest absolute Gasteiger partial charge is 0.488 e. The van der Waals surface area contributed by atoms with Crippen LogP contribution in [0, 0.1) is 0 Å². The number of nitrogens with zero attached hydrogens (tertiary/aromatic N) is 1. The molecule has 2 aromatic heterocycles. The number of nitrogens with one attached hydrogen (secondary N) is 1. The van der Waals surface area contributed by atoms with E-state index in [0.717, 1.165) is 22.2 Å². The second-order valence-corrected chi connectivity index (χ2v) is 7.14. The minimum absolute atomic E-state index is 0.0984. The van der Waals surface area contributed by atoms with Gasteiger partial charge in [0.05, 0.1) is 5.52 Å². The average molecular weight is 374 g/mol. The maximum atomic E-state index is 12.4. The van der Waals surface area contributed by atoms with Crippen LogP contribution >= 0.6 is 11.3 Å². The molecule has 4 rings (SSSR count). The highest BCUT2D eigenvalue weighted by Gasteiger charge is 2.07. The summed E-state index contributed by atoms with van der Waals surface area (Å²) in [5.74, 6) is 0.722. The number of amides is 1. The van der Waals surface area contributed by atoms with Crippen LogP contribution in [0.2, 0.25) is 0 Å². The highest BCUT2D eigenvalue weighted by atomic mass is 32.1. The number of rotatable bonds is 6. The Morgan fingerprint density at radius 1 is 1.04 bits per heavy atom. The molecule has 0 bridgehead atoms. The van der Waals surface area contributed by atoms with Crippen LogP contribution < -0.4 is 10.1 Å². The summed E-state index contributed by atoms with van der Waals surface area (Å²) in [6.07, 6.45) is 1.75. The molecule has 1 N–H and O–H groups in total. The summed E-state index contributed by atoms with van der Waals surface area (Å²) in [5, 5.41) is 5.95. The maximum Gasteiger partial charge on any atom is 0.251 e. The first-order valence-corrected chi connectivity index (χ1v) is 9.53. The Morgan fingerprint density at radius 2 is 1.93 bits per heavy atom. The molecule has 0 radical (unpaired) electrons. The van der Waals surface area contributed by atoms with Gasteiger partial charge >= 0.3 is 0 Å². The van der Waals surface area contributed by atoms with E-state index in [9.17, 15) is 4.79 Å². The van der Waals surface area contributed by atoms with Crippen LogP contribution in [0.15, 0.2) is 78.3 Å². The van der Waals surface area contributed by atoms with Crippen molar-refractivity contribution < 1.29 is 9.53 Å². The molecule has 0 atom stereocenters. The average Bonchev–Trinajstić information content (AvgIpc) is 3.24. The quantitative estimate of drug-likeness (QED) is 0.527. The first kappa shape index (κ1) is 17.2. The number of carbonyl (C=O) groups is 1. The Bertz CT molecular complexity index is 1040. The molecule has 4 aromatic rings. The summed E-state index contributed by atoms with van der Waals surface area (Å²) in [5.41, 5.74) is 2.54. The summed E-state index contributed by atoms with van der Waals surface area (Å²) >= 11 is 1.68. The monoisotopic (exact) mass is 374 g/mol. The Hall–Kier alpha value is -3.18. The molecule has 0 fully saturated rings. The Balaban J connectivity index is 1.34. The summed E-state index contributed by atoms with van der Waals surface area (Å²) in [7, 11) is 0. The number of carbonyl (C=O) groups excluding carboxylic acids is 1. The smallest absolute Gasteiger partial charge is 0.251 e. The van der Waals surface area contributed by atoms with Gasteiger partial charge < -0.3 is 10.1 Å². The van der Waals surface area contributed by atoms with Gasteiger partial charge in [-0.3, -0.25) is 9.78 Å². The van der Waals surface area contributed by atoms with Crippen LogP contribution in [0.3, 0.4) is 0 Å². The van der Waals surface area contributed by atoms with E-state index in [4.69, 9.17) is 4.74 Å². The highest BCUT2D eigenvalue weighted by Crippen LogP contribution is 2.17. The van der Waals surface area contributed by atoms with E-state index in [2.05, 4.69) is 16.4 Å². The summed E-state index contributed by atoms with van der Waals surface area (Å²) in [6, 6.07) is 21.2. The van der Waals surface area contributed by atoms with Crippen molar-refractivity contribution in [1.29, 1.82) is 0 Å². The van der Waals surface area contributed by atoms with Crippen LogP contribution in [0.4, 0.5) is 0 Å². The summed E-state index contributed by atoms with van der Waals surface area (Å²) < 4.78 is 5.76. The van der Waals surface area contributed by atoms with Gasteiger partial charge in [-0.25, -0.2) is 0 Å². The van der Waals surface area contributed by atoms with Crippen molar-refractivity contribution in [2.75, 3.05) is 0 Å². The minimum atomic E-state index is -0.0984. The van der Waals surface area contributed by atoms with E-state index in [1.165, 1.54) is 4.88 Å². The fourth-order valence-corrected chi connectivity index (χ4v) is 3.37. The molecule has 0 aliphatic heterocycles. The minimum Gasteiger partial charge on any atom is -0.488 e. The van der Waals surface area contributed by atoms with Gasteiger partial charge in [-0.15, -0.1) is 11.3 Å².